The van der Waals surface area contributed by atoms with Gasteiger partial charge in [-0.15, -0.1) is 10.2 Å². The number of nitrogens with two attached hydrogens (primary N) is 1. The molecule has 0 bridgehead atoms. The second kappa shape index (κ2) is 14.9. The summed E-state index contributed by atoms with van der Waals surface area (Å²) >= 11 is 0. The lowest BCUT2D eigenvalue weighted by molar-refractivity contribution is 0.479. The molecular formula is C35H29N5O11S4. The molecule has 0 spiro atoms. The summed E-state index contributed by atoms with van der Waals surface area (Å²) in [5.74, 6) is -0.883. The first-order valence-electron chi connectivity index (χ1n) is 15.7. The van der Waals surface area contributed by atoms with Crippen LogP contribution in [-0.4, -0.2) is 47.9 Å². The standard InChI is InChI=1S/C35H29N5O11S4/c1-18-9-21(5-7-28(18)37-39-30-13-23-4-3-20(17-52(42)43)11-24(23)15-32(30)55(49,50)51)22-6-8-29(19(2)10-22)38-40-34-31(53(44)45)14-25-12-26(54(46,47)48)16-27(36)33(25)35(34)41/h3-16,41,52-53H,17,36H2,1-2H3,(H,46,47,48)(H,49,50,51). The Morgan fingerprint density at radius 3 is 1.78 bits per heavy atom. The van der Waals surface area contributed by atoms with Crippen molar-refractivity contribution in [3.05, 3.63) is 102 Å². The summed E-state index contributed by atoms with van der Waals surface area (Å²) < 4.78 is 114. The van der Waals surface area contributed by atoms with Gasteiger partial charge >= 0.3 is 0 Å². The maximum atomic E-state index is 12.2. The third-order valence-electron chi connectivity index (χ3n) is 8.49. The number of phenols is 1. The molecule has 0 unspecified atom stereocenters. The van der Waals surface area contributed by atoms with Gasteiger partial charge in [-0.05, 0) is 112 Å². The first-order valence-corrected chi connectivity index (χ1v) is 21.1. The van der Waals surface area contributed by atoms with Crippen molar-refractivity contribution < 1.29 is 47.9 Å². The lowest BCUT2D eigenvalue weighted by Crippen LogP contribution is -2.00. The molecule has 0 aromatic heterocycles. The molecule has 0 aliphatic carbocycles. The molecule has 6 rings (SSSR count). The number of anilines is 1. The Kier molecular flexibility index (Phi) is 10.6. The SMILES string of the molecule is Cc1cc(-c2ccc(N=Nc3c([SH](=O)=O)cc4cc(S(=O)(=O)O)cc(N)c4c3O)c(C)c2)ccc1N=Nc1cc2ccc(C[SH](=O)=O)cc2cc1S(=O)(=O)O. The van der Waals surface area contributed by atoms with E-state index in [4.69, 9.17) is 5.73 Å². The van der Waals surface area contributed by atoms with Crippen LogP contribution in [0.4, 0.5) is 28.4 Å². The van der Waals surface area contributed by atoms with Gasteiger partial charge in [0.1, 0.15) is 27.0 Å². The molecule has 0 aliphatic rings. The number of azo groups is 2. The van der Waals surface area contributed by atoms with E-state index in [9.17, 15) is 47.9 Å². The van der Waals surface area contributed by atoms with Crippen LogP contribution in [-0.2, 0) is 47.4 Å². The molecule has 0 amide bonds. The number of hydrogen-bond donors (Lipinski definition) is 6. The first kappa shape index (κ1) is 39.1. The van der Waals surface area contributed by atoms with E-state index in [1.165, 1.54) is 18.2 Å². The van der Waals surface area contributed by atoms with Gasteiger partial charge in [-0.25, -0.2) is 16.8 Å². The number of rotatable bonds is 10. The van der Waals surface area contributed by atoms with Crippen LogP contribution < -0.4 is 5.73 Å². The Morgan fingerprint density at radius 2 is 1.24 bits per heavy atom. The highest BCUT2D eigenvalue weighted by molar-refractivity contribution is 7.86. The molecule has 0 atom stereocenters. The van der Waals surface area contributed by atoms with Gasteiger partial charge in [0.05, 0.1) is 26.9 Å². The molecule has 20 heteroatoms. The van der Waals surface area contributed by atoms with E-state index >= 15 is 0 Å². The minimum absolute atomic E-state index is 0.0631. The van der Waals surface area contributed by atoms with Gasteiger partial charge in [0.15, 0.2) is 16.5 Å². The quantitative estimate of drug-likeness (QED) is 0.0354. The fraction of sp³-hybridized carbons (Fsp3) is 0.0857. The zero-order chi connectivity index (χ0) is 40.0. The van der Waals surface area contributed by atoms with E-state index in [-0.39, 0.29) is 27.9 Å². The Bertz CT molecular complexity index is 3040. The lowest BCUT2D eigenvalue weighted by atomic mass is 10.0. The molecule has 0 saturated heterocycles. The summed E-state index contributed by atoms with van der Waals surface area (Å²) in [6.45, 7) is 3.50. The van der Waals surface area contributed by atoms with Gasteiger partial charge in [0, 0.05) is 11.1 Å². The Hall–Kier alpha value is -5.64. The average molecular weight is 824 g/mol. The van der Waals surface area contributed by atoms with E-state index in [1.807, 2.05) is 6.07 Å². The summed E-state index contributed by atoms with van der Waals surface area (Å²) in [4.78, 5) is -1.55. The topological polar surface area (TPSA) is 273 Å². The minimum atomic E-state index is -4.73. The van der Waals surface area contributed by atoms with Gasteiger partial charge in [-0.2, -0.15) is 27.1 Å². The summed E-state index contributed by atoms with van der Waals surface area (Å²) in [7, 11) is -15.5. The zero-order valence-corrected chi connectivity index (χ0v) is 31.9. The van der Waals surface area contributed by atoms with Gasteiger partial charge < -0.3 is 10.8 Å². The molecule has 0 fully saturated rings. The van der Waals surface area contributed by atoms with Crippen LogP contribution in [0.5, 0.6) is 5.75 Å². The van der Waals surface area contributed by atoms with Crippen LogP contribution in [0.15, 0.2) is 120 Å². The number of nitrogens with zero attached hydrogens (tertiary/aromatic N) is 4. The van der Waals surface area contributed by atoms with Crippen molar-refractivity contribution in [1.82, 2.24) is 0 Å². The third-order valence-corrected chi connectivity index (χ3v) is 11.6. The third kappa shape index (κ3) is 8.38. The fourth-order valence-corrected chi connectivity index (χ4v) is 8.10. The van der Waals surface area contributed by atoms with Crippen LogP contribution in [0.3, 0.4) is 0 Å². The number of thiol groups is 2. The minimum Gasteiger partial charge on any atom is -0.505 e. The molecule has 5 N–H and O–H groups in total. The van der Waals surface area contributed by atoms with E-state index in [1.54, 1.807) is 56.3 Å². The van der Waals surface area contributed by atoms with Gasteiger partial charge in [-0.3, -0.25) is 9.11 Å². The number of fused-ring (bicyclic) bond motifs is 2. The highest BCUT2D eigenvalue weighted by atomic mass is 32.2. The Labute approximate surface area is 317 Å². The number of phenolic OH excluding ortho intramolecular Hbond substituents is 1. The predicted molar refractivity (Wildman–Crippen MR) is 206 cm³/mol. The van der Waals surface area contributed by atoms with Crippen LogP contribution in [0.25, 0.3) is 32.7 Å². The van der Waals surface area contributed by atoms with Crippen molar-refractivity contribution in [2.24, 2.45) is 20.5 Å². The van der Waals surface area contributed by atoms with Crippen LogP contribution >= 0.6 is 0 Å². The Morgan fingerprint density at radius 1 is 0.636 bits per heavy atom. The highest BCUT2D eigenvalue weighted by Crippen LogP contribution is 2.44. The van der Waals surface area contributed by atoms with Crippen molar-refractivity contribution >= 4 is 91.6 Å². The van der Waals surface area contributed by atoms with Crippen molar-refractivity contribution in [2.75, 3.05) is 5.73 Å². The lowest BCUT2D eigenvalue weighted by Gasteiger charge is -2.11. The molecule has 0 heterocycles. The maximum absolute atomic E-state index is 12.2. The highest BCUT2D eigenvalue weighted by Gasteiger charge is 2.21. The number of aryl methyl sites for hydroxylation is 2. The van der Waals surface area contributed by atoms with Crippen LogP contribution in [0, 0.1) is 13.8 Å². The number of aromatic hydroxyl groups is 1. The van der Waals surface area contributed by atoms with Crippen molar-refractivity contribution in [2.45, 2.75) is 34.3 Å². The smallest absolute Gasteiger partial charge is 0.296 e. The van der Waals surface area contributed by atoms with Gasteiger partial charge in [-0.1, -0.05) is 30.3 Å². The molecule has 0 radical (unpaired) electrons. The van der Waals surface area contributed by atoms with Gasteiger partial charge in [0.2, 0.25) is 0 Å². The second-order valence-electron chi connectivity index (χ2n) is 12.3. The molecule has 6 aromatic rings. The predicted octanol–water partition coefficient (Wildman–Crippen LogP) is 6.97. The number of nitrogen functional groups attached to an aromatic ring is 1. The fourth-order valence-electron chi connectivity index (χ4n) is 5.84. The van der Waals surface area contributed by atoms with Crippen molar-refractivity contribution in [3.63, 3.8) is 0 Å². The molecule has 6 aromatic carbocycles. The van der Waals surface area contributed by atoms with E-state index in [0.29, 0.717) is 38.8 Å². The van der Waals surface area contributed by atoms with E-state index in [2.05, 4.69) is 20.5 Å². The largest absolute Gasteiger partial charge is 0.505 e. The van der Waals surface area contributed by atoms with Gasteiger partial charge in [0.25, 0.3) is 20.2 Å². The van der Waals surface area contributed by atoms with Crippen LogP contribution in [0.1, 0.15) is 16.7 Å². The van der Waals surface area contributed by atoms with Crippen LogP contribution in [0.2, 0.25) is 0 Å². The van der Waals surface area contributed by atoms with Crippen molar-refractivity contribution in [3.8, 4) is 16.9 Å². The zero-order valence-electron chi connectivity index (χ0n) is 28.5. The average Bonchev–Trinajstić information content (AvgIpc) is 3.09. The first-order chi connectivity index (χ1) is 25.8. The molecule has 0 saturated carbocycles. The van der Waals surface area contributed by atoms with E-state index < -0.39 is 67.8 Å². The maximum Gasteiger partial charge on any atom is 0.296 e. The molecule has 16 nitrogen and oxygen atoms in total. The summed E-state index contributed by atoms with van der Waals surface area (Å²) in [6, 6.07) is 20.7. The summed E-state index contributed by atoms with van der Waals surface area (Å²) in [5.41, 5.74) is 9.16. The summed E-state index contributed by atoms with van der Waals surface area (Å²) in [5, 5.41) is 28.3. The number of benzene rings is 6. The normalized spacial score (nSPS) is 12.6. The Balaban J connectivity index is 1.29. The van der Waals surface area contributed by atoms with E-state index in [0.717, 1.165) is 29.3 Å². The molecular weight excluding hydrogens is 795 g/mol. The van der Waals surface area contributed by atoms with Crippen molar-refractivity contribution in [1.29, 1.82) is 0 Å². The molecule has 284 valence electrons. The monoisotopic (exact) mass is 823 g/mol. The second-order valence-corrected chi connectivity index (χ2v) is 17.1. The molecule has 0 aliphatic heterocycles. The summed E-state index contributed by atoms with van der Waals surface area (Å²) in [6.07, 6.45) is 0. The molecule has 55 heavy (non-hydrogen) atoms. The number of hydrogen-bond acceptors (Lipinski definition) is 14.